The lowest BCUT2D eigenvalue weighted by Gasteiger charge is -2.05. The smallest absolute Gasteiger partial charge is 0.371 e. The van der Waals surface area contributed by atoms with Crippen molar-refractivity contribution in [3.8, 4) is 5.75 Å². The molecule has 0 aliphatic heterocycles. The van der Waals surface area contributed by atoms with Crippen LogP contribution in [0.2, 0.25) is 0 Å². The molecule has 0 spiro atoms. The number of hydrogen-bond donors (Lipinski definition) is 1. The molecule has 0 unspecified atom stereocenters. The first-order valence-electron chi connectivity index (χ1n) is 7.48. The number of aromatic carboxylic acids is 1. The van der Waals surface area contributed by atoms with Crippen molar-refractivity contribution >= 4 is 27.9 Å². The van der Waals surface area contributed by atoms with Gasteiger partial charge in [0.2, 0.25) is 5.76 Å². The molecule has 2 heterocycles. The fourth-order valence-corrected chi connectivity index (χ4v) is 2.72. The second kappa shape index (κ2) is 5.45. The summed E-state index contributed by atoms with van der Waals surface area (Å²) in [5, 5.41) is 11.0. The van der Waals surface area contributed by atoms with Crippen molar-refractivity contribution in [2.45, 2.75) is 13.5 Å². The molecule has 0 aliphatic rings. The molecule has 0 aliphatic carbocycles. The summed E-state index contributed by atoms with van der Waals surface area (Å²) in [6.45, 7) is 1.96. The van der Waals surface area contributed by atoms with Crippen molar-refractivity contribution < 1.29 is 23.5 Å². The summed E-state index contributed by atoms with van der Waals surface area (Å²) in [6.07, 6.45) is 0. The number of carboxylic acids is 1. The van der Waals surface area contributed by atoms with Gasteiger partial charge in [0.15, 0.2) is 0 Å². The molecule has 0 amide bonds. The number of rotatable bonds is 4. The SMILES string of the molecule is Cc1oc(C(=O)O)cc1COc1ccc2oc3ccccc3c2c1. The molecule has 2 aromatic heterocycles. The molecule has 5 nitrogen and oxygen atoms in total. The van der Waals surface area contributed by atoms with E-state index in [9.17, 15) is 4.79 Å². The van der Waals surface area contributed by atoms with Crippen LogP contribution in [0.25, 0.3) is 21.9 Å². The molecule has 5 heteroatoms. The Kier molecular flexibility index (Phi) is 3.27. The number of carboxylic acid groups (broad SMARTS) is 1. The van der Waals surface area contributed by atoms with Crippen LogP contribution in [-0.2, 0) is 6.61 Å². The molecule has 0 fully saturated rings. The van der Waals surface area contributed by atoms with Crippen LogP contribution in [-0.4, -0.2) is 11.1 Å². The van der Waals surface area contributed by atoms with Crippen LogP contribution in [0.5, 0.6) is 5.75 Å². The normalized spacial score (nSPS) is 11.2. The third-order valence-electron chi connectivity index (χ3n) is 3.97. The van der Waals surface area contributed by atoms with Crippen molar-refractivity contribution in [1.29, 1.82) is 0 Å². The third kappa shape index (κ3) is 2.40. The van der Waals surface area contributed by atoms with Crippen LogP contribution in [0.1, 0.15) is 21.9 Å². The summed E-state index contributed by atoms with van der Waals surface area (Å²) in [4.78, 5) is 10.9. The van der Waals surface area contributed by atoms with Gasteiger partial charge in [-0.1, -0.05) is 18.2 Å². The monoisotopic (exact) mass is 322 g/mol. The van der Waals surface area contributed by atoms with Crippen LogP contribution in [0.3, 0.4) is 0 Å². The Bertz CT molecular complexity index is 1050. The molecule has 0 atom stereocenters. The molecule has 0 saturated heterocycles. The maximum absolute atomic E-state index is 10.9. The highest BCUT2D eigenvalue weighted by Gasteiger charge is 2.14. The van der Waals surface area contributed by atoms with E-state index in [-0.39, 0.29) is 12.4 Å². The van der Waals surface area contributed by atoms with E-state index >= 15 is 0 Å². The van der Waals surface area contributed by atoms with E-state index in [0.29, 0.717) is 17.1 Å². The van der Waals surface area contributed by atoms with Crippen LogP contribution in [0.4, 0.5) is 0 Å². The van der Waals surface area contributed by atoms with Gasteiger partial charge in [-0.2, -0.15) is 0 Å². The first kappa shape index (κ1) is 14.4. The zero-order chi connectivity index (χ0) is 16.7. The van der Waals surface area contributed by atoms with Crippen molar-refractivity contribution in [2.75, 3.05) is 0 Å². The average molecular weight is 322 g/mol. The number of aryl methyl sites for hydroxylation is 1. The summed E-state index contributed by atoms with van der Waals surface area (Å²) in [7, 11) is 0. The molecule has 1 N–H and O–H groups in total. The summed E-state index contributed by atoms with van der Waals surface area (Å²) >= 11 is 0. The summed E-state index contributed by atoms with van der Waals surface area (Å²) in [5.74, 6) is 0.0618. The van der Waals surface area contributed by atoms with E-state index < -0.39 is 5.97 Å². The second-order valence-corrected chi connectivity index (χ2v) is 5.54. The zero-order valence-electron chi connectivity index (χ0n) is 12.9. The minimum absolute atomic E-state index is 0.0811. The number of ether oxygens (including phenoxy) is 1. The van der Waals surface area contributed by atoms with Gasteiger partial charge in [0.25, 0.3) is 0 Å². The maximum atomic E-state index is 10.9. The number of fused-ring (bicyclic) bond motifs is 3. The Morgan fingerprint density at radius 3 is 2.62 bits per heavy atom. The van der Waals surface area contributed by atoms with Gasteiger partial charge >= 0.3 is 5.97 Å². The Hall–Kier alpha value is -3.21. The van der Waals surface area contributed by atoms with Crippen LogP contribution in [0, 0.1) is 6.92 Å². The predicted molar refractivity (Wildman–Crippen MR) is 88.5 cm³/mol. The van der Waals surface area contributed by atoms with Gasteiger partial charge in [0.1, 0.15) is 29.3 Å². The van der Waals surface area contributed by atoms with E-state index in [4.69, 9.17) is 18.7 Å². The van der Waals surface area contributed by atoms with E-state index in [1.165, 1.54) is 6.07 Å². The zero-order valence-corrected chi connectivity index (χ0v) is 12.9. The Labute approximate surface area is 137 Å². The van der Waals surface area contributed by atoms with Crippen molar-refractivity contribution in [3.63, 3.8) is 0 Å². The average Bonchev–Trinajstić information content (AvgIpc) is 3.13. The Balaban J connectivity index is 1.63. The van der Waals surface area contributed by atoms with Gasteiger partial charge in [0.05, 0.1) is 0 Å². The minimum Gasteiger partial charge on any atom is -0.489 e. The first-order valence-corrected chi connectivity index (χ1v) is 7.48. The number of furan rings is 2. The summed E-state index contributed by atoms with van der Waals surface area (Å²) in [5.41, 5.74) is 2.35. The van der Waals surface area contributed by atoms with Crippen LogP contribution >= 0.6 is 0 Å². The predicted octanol–water partition coefficient (Wildman–Crippen LogP) is 4.76. The van der Waals surface area contributed by atoms with Gasteiger partial charge in [-0.25, -0.2) is 4.79 Å². The highest BCUT2D eigenvalue weighted by Crippen LogP contribution is 2.31. The van der Waals surface area contributed by atoms with Crippen LogP contribution < -0.4 is 4.74 Å². The number of para-hydroxylation sites is 1. The lowest BCUT2D eigenvalue weighted by molar-refractivity contribution is 0.0661. The molecule has 4 aromatic rings. The Morgan fingerprint density at radius 2 is 1.83 bits per heavy atom. The fraction of sp³-hybridized carbons (Fsp3) is 0.105. The summed E-state index contributed by atoms with van der Waals surface area (Å²) < 4.78 is 16.8. The van der Waals surface area contributed by atoms with Crippen molar-refractivity contribution in [1.82, 2.24) is 0 Å². The fourth-order valence-electron chi connectivity index (χ4n) is 2.72. The first-order chi connectivity index (χ1) is 11.6. The largest absolute Gasteiger partial charge is 0.489 e. The van der Waals surface area contributed by atoms with E-state index in [1.807, 2.05) is 42.5 Å². The minimum atomic E-state index is -1.09. The van der Waals surface area contributed by atoms with Crippen LogP contribution in [0.15, 0.2) is 57.4 Å². The van der Waals surface area contributed by atoms with E-state index in [2.05, 4.69) is 0 Å². The summed E-state index contributed by atoms with van der Waals surface area (Å²) in [6, 6.07) is 14.9. The van der Waals surface area contributed by atoms with Gasteiger partial charge in [0, 0.05) is 16.3 Å². The molecule has 0 saturated carbocycles. The molecule has 0 bridgehead atoms. The standard InChI is InChI=1S/C19H14O5/c1-11-12(8-18(23-11)19(20)21)10-22-13-6-7-17-15(9-13)14-4-2-3-5-16(14)24-17/h2-9H,10H2,1H3,(H,20,21). The lowest BCUT2D eigenvalue weighted by Crippen LogP contribution is -1.96. The maximum Gasteiger partial charge on any atom is 0.371 e. The van der Waals surface area contributed by atoms with Gasteiger partial charge in [-0.05, 0) is 37.3 Å². The second-order valence-electron chi connectivity index (χ2n) is 5.54. The number of carbonyl (C=O) groups is 1. The van der Waals surface area contributed by atoms with Crippen molar-refractivity contribution in [2.24, 2.45) is 0 Å². The number of hydrogen-bond acceptors (Lipinski definition) is 4. The Morgan fingerprint density at radius 1 is 1.04 bits per heavy atom. The molecular formula is C19H14O5. The van der Waals surface area contributed by atoms with Crippen molar-refractivity contribution in [3.05, 3.63) is 65.6 Å². The molecular weight excluding hydrogens is 308 g/mol. The molecule has 4 rings (SSSR count). The number of benzene rings is 2. The quantitative estimate of drug-likeness (QED) is 0.586. The van der Waals surface area contributed by atoms with Gasteiger partial charge in [-0.15, -0.1) is 0 Å². The molecule has 2 aromatic carbocycles. The van der Waals surface area contributed by atoms with E-state index in [1.54, 1.807) is 6.92 Å². The topological polar surface area (TPSA) is 72.8 Å². The third-order valence-corrected chi connectivity index (χ3v) is 3.97. The molecule has 0 radical (unpaired) electrons. The van der Waals surface area contributed by atoms with E-state index in [0.717, 1.165) is 21.9 Å². The van der Waals surface area contributed by atoms with Gasteiger partial charge in [-0.3, -0.25) is 0 Å². The highest BCUT2D eigenvalue weighted by molar-refractivity contribution is 6.05. The highest BCUT2D eigenvalue weighted by atomic mass is 16.5. The van der Waals surface area contributed by atoms with Gasteiger partial charge < -0.3 is 18.7 Å². The molecule has 24 heavy (non-hydrogen) atoms. The molecule has 120 valence electrons. The lowest BCUT2D eigenvalue weighted by atomic mass is 10.1.